The largest absolute Gasteiger partial charge is 0.451 e. The molecule has 14 heterocycles. The van der Waals surface area contributed by atoms with Crippen molar-refractivity contribution in [1.29, 1.82) is 0 Å². The summed E-state index contributed by atoms with van der Waals surface area (Å²) in [6.45, 7) is 13.3. The molecular formula is C82H81ClF6N20O4. The molecule has 113 heavy (non-hydrogen) atoms. The number of anilines is 3. The van der Waals surface area contributed by atoms with Crippen molar-refractivity contribution in [2.24, 2.45) is 35.5 Å². The number of pyridine rings is 4. The summed E-state index contributed by atoms with van der Waals surface area (Å²) in [7, 11) is 0. The summed E-state index contributed by atoms with van der Waals surface area (Å²) < 4.78 is 88.8. The molecule has 6 aliphatic heterocycles. The number of halogens is 7. The number of hydrogen-bond donors (Lipinski definition) is 0. The van der Waals surface area contributed by atoms with Crippen LogP contribution in [0, 0.1) is 35.5 Å². The van der Waals surface area contributed by atoms with Gasteiger partial charge >= 0.3 is 12.4 Å². The smallest absolute Gasteiger partial charge is 0.445 e. The Labute approximate surface area is 650 Å². The van der Waals surface area contributed by atoms with Crippen LogP contribution in [0.25, 0.3) is 66.4 Å². The fourth-order valence-electron chi connectivity index (χ4n) is 17.3. The van der Waals surface area contributed by atoms with Gasteiger partial charge in [0.15, 0.2) is 17.5 Å². The van der Waals surface area contributed by atoms with Gasteiger partial charge in [-0.2, -0.15) is 26.3 Å². The molecule has 3 saturated heterocycles. The maximum atomic E-state index is 13.6. The average Bonchev–Trinajstić information content (AvgIpc) is 1.76. The normalized spacial score (nSPS) is 20.6. The van der Waals surface area contributed by atoms with Gasteiger partial charge in [0.2, 0.25) is 35.3 Å². The Morgan fingerprint density at radius 2 is 0.885 bits per heavy atom. The van der Waals surface area contributed by atoms with Crippen LogP contribution in [-0.4, -0.2) is 161 Å². The summed E-state index contributed by atoms with van der Waals surface area (Å²) in [5, 5.41) is 26.6. The molecule has 31 heteroatoms. The quantitative estimate of drug-likeness (QED) is 0.116. The van der Waals surface area contributed by atoms with Crippen LogP contribution in [0.5, 0.6) is 0 Å². The molecule has 8 aromatic heterocycles. The Morgan fingerprint density at radius 3 is 1.38 bits per heavy atom. The zero-order valence-electron chi connectivity index (χ0n) is 62.3. The minimum atomic E-state index is -4.56. The second-order valence-corrected chi connectivity index (χ2v) is 31.0. The molecule has 0 bridgehead atoms. The molecule has 0 spiro atoms. The van der Waals surface area contributed by atoms with Gasteiger partial charge in [0.05, 0.1) is 53.1 Å². The molecule has 1 aliphatic carbocycles. The number of hydrogen-bond acceptors (Lipinski definition) is 18. The molecule has 7 aliphatic rings. The van der Waals surface area contributed by atoms with Gasteiger partial charge in [0.25, 0.3) is 0 Å². The van der Waals surface area contributed by atoms with Crippen LogP contribution < -0.4 is 14.7 Å². The van der Waals surface area contributed by atoms with Gasteiger partial charge in [0, 0.05) is 166 Å². The number of rotatable bonds is 10. The first-order chi connectivity index (χ1) is 54.6. The zero-order valence-corrected chi connectivity index (χ0v) is 63.1. The minimum absolute atomic E-state index is 0.0165. The van der Waals surface area contributed by atoms with Gasteiger partial charge in [-0.3, -0.25) is 34.3 Å². The average molecular weight is 1560 g/mol. The summed E-state index contributed by atoms with van der Waals surface area (Å²) in [5.74, 6) is 1.63. The lowest BCUT2D eigenvalue weighted by atomic mass is 9.85. The maximum absolute atomic E-state index is 13.6. The molecule has 12 aromatic rings. The van der Waals surface area contributed by atoms with E-state index >= 15 is 0 Å². The Morgan fingerprint density at radius 1 is 0.434 bits per heavy atom. The van der Waals surface area contributed by atoms with E-state index in [1.54, 1.807) is 40.9 Å². The van der Waals surface area contributed by atoms with Gasteiger partial charge < -0.3 is 47.5 Å². The number of aromatic nitrogens is 14. The number of oxazole rings is 1. The molecule has 0 unspecified atom stereocenters. The highest BCUT2D eigenvalue weighted by molar-refractivity contribution is 6.34. The molecule has 19 rings (SSSR count). The van der Waals surface area contributed by atoms with Crippen LogP contribution in [0.4, 0.5) is 43.4 Å². The summed E-state index contributed by atoms with van der Waals surface area (Å²) >= 11 is 6.70. The molecule has 1 saturated carbocycles. The highest BCUT2D eigenvalue weighted by atomic mass is 35.5. The SMILES string of the molecule is C[C@@H]1CN(c2c(Cl)cnc3cc(-c4ncco4)ccc23)CC[C@@H]1C(=O)N1CCn2c(nnc2C2CC2)C1.C[C@@H]1CN(c2ccnc3cc(-c4ccccc4)ccc23)CC[C@@H]1C(=O)N1CCn2c(nnc2C(F)(F)F)C1.C[C@@H]1CN(c2ccnc3cc(-c4ccncc4)ccc23)CC[C@@H]1C(=O)N1CCn2c(nnc2C(F)(F)F)C1. The Kier molecular flexibility index (Phi) is 20.1. The van der Waals surface area contributed by atoms with E-state index < -0.39 is 24.0 Å². The van der Waals surface area contributed by atoms with E-state index in [2.05, 4.69) is 144 Å². The molecular weight excluding hydrogens is 1480 g/mol. The number of nitrogens with zero attached hydrogens (tertiary/aromatic N) is 20. The Hall–Kier alpha value is -11.4. The Balaban J connectivity index is 0.000000123. The van der Waals surface area contributed by atoms with E-state index in [1.807, 2.05) is 78.0 Å². The van der Waals surface area contributed by atoms with Crippen molar-refractivity contribution in [2.75, 3.05) is 73.6 Å². The van der Waals surface area contributed by atoms with E-state index in [0.29, 0.717) is 62.4 Å². The van der Waals surface area contributed by atoms with Crippen LogP contribution in [-0.2, 0) is 66.0 Å². The van der Waals surface area contributed by atoms with Crippen molar-refractivity contribution in [3.8, 4) is 33.7 Å². The van der Waals surface area contributed by atoms with Gasteiger partial charge in [-0.1, -0.05) is 87.0 Å². The number of piperidine rings is 3. The predicted octanol–water partition coefficient (Wildman–Crippen LogP) is 13.9. The first-order valence-corrected chi connectivity index (χ1v) is 38.8. The first-order valence-electron chi connectivity index (χ1n) is 38.4. The highest BCUT2D eigenvalue weighted by Crippen LogP contribution is 2.44. The molecule has 0 N–H and O–H groups in total. The fraction of sp³-hybridized carbons (Fsp3) is 0.390. The van der Waals surface area contributed by atoms with Crippen LogP contribution in [0.15, 0.2) is 157 Å². The summed E-state index contributed by atoms with van der Waals surface area (Å²) in [6.07, 6.45) is 7.49. The standard InChI is InChI=1S/C28H27F3N6O.C27H28ClN7O2.C27H26F3N7O/c1-18-16-35(24-9-11-32-23-15-20(7-8-22(23)24)19-5-3-2-4-6-19)12-10-21(18)26(38)36-13-14-37-25(17-36)33-34-27(37)28(29,30)31;1-16-14-33(24-20-5-4-18(26-29-7-11-37-26)12-22(20)30-13-21(24)28)8-6-19(16)27(36)34-9-10-35-23(15-34)31-32-25(35)17-2-3-17;1-17-15-35(23-6-10-32-22-14-19(2-3-21(22)23)18-4-8-31-9-5-18)11-7-20(17)25(38)36-12-13-37-24(16-36)33-34-26(37)27(28,29)30/h2-9,11,15,18,21H,10,12-14,16-17H2,1H3;4-5,7,11-13,16-17,19H,2-3,6,8-10,14-15H2,1H3;2-6,8-10,14,17,20H,7,11-13,15-16H2,1H3/t18-,21+;16-,19+;17-,20+/m111/s1. The van der Waals surface area contributed by atoms with E-state index in [9.17, 15) is 40.7 Å². The van der Waals surface area contributed by atoms with E-state index in [-0.39, 0.29) is 104 Å². The number of amides is 3. The number of benzene rings is 4. The lowest BCUT2D eigenvalue weighted by Gasteiger charge is -2.40. The molecule has 582 valence electrons. The minimum Gasteiger partial charge on any atom is -0.445 e. The molecule has 24 nitrogen and oxygen atoms in total. The lowest BCUT2D eigenvalue weighted by molar-refractivity contribution is -0.149. The fourth-order valence-corrected chi connectivity index (χ4v) is 17.6. The van der Waals surface area contributed by atoms with Gasteiger partial charge in [0.1, 0.15) is 12.1 Å². The molecule has 3 amide bonds. The van der Waals surface area contributed by atoms with Gasteiger partial charge in [-0.25, -0.2) is 4.98 Å². The number of carbonyl (C=O) groups excluding carboxylic acids is 3. The van der Waals surface area contributed by atoms with Crippen LogP contribution in [0.2, 0.25) is 5.02 Å². The van der Waals surface area contributed by atoms with Crippen molar-refractivity contribution in [3.05, 3.63) is 193 Å². The summed E-state index contributed by atoms with van der Waals surface area (Å²) in [4.78, 5) is 74.7. The van der Waals surface area contributed by atoms with Crippen molar-refractivity contribution >= 4 is 79.1 Å². The first kappa shape index (κ1) is 74.3. The highest BCUT2D eigenvalue weighted by Gasteiger charge is 2.45. The molecule has 4 aromatic carbocycles. The van der Waals surface area contributed by atoms with E-state index in [0.717, 1.165) is 131 Å². The van der Waals surface area contributed by atoms with E-state index in [4.69, 9.17) is 16.0 Å². The lowest BCUT2D eigenvalue weighted by Crippen LogP contribution is -2.49. The van der Waals surface area contributed by atoms with E-state index in [1.165, 1.54) is 12.8 Å². The second-order valence-electron chi connectivity index (χ2n) is 30.6. The molecule has 4 fully saturated rings. The zero-order chi connectivity index (χ0) is 78.0. The van der Waals surface area contributed by atoms with Crippen molar-refractivity contribution in [1.82, 2.24) is 83.9 Å². The van der Waals surface area contributed by atoms with Crippen molar-refractivity contribution in [2.45, 2.75) is 110 Å². The predicted molar refractivity (Wildman–Crippen MR) is 411 cm³/mol. The van der Waals surface area contributed by atoms with Crippen LogP contribution >= 0.6 is 11.6 Å². The molecule has 6 atom stereocenters. The van der Waals surface area contributed by atoms with Gasteiger partial charge in [-0.15, -0.1) is 30.6 Å². The third-order valence-electron chi connectivity index (χ3n) is 23.4. The molecule has 0 radical (unpaired) electrons. The summed E-state index contributed by atoms with van der Waals surface area (Å²) in [6, 6.07) is 36.7. The summed E-state index contributed by atoms with van der Waals surface area (Å²) in [5.41, 5.74) is 11.1. The Bertz CT molecular complexity index is 5300. The third kappa shape index (κ3) is 15.0. The topological polar surface area (TPSA) is 240 Å². The van der Waals surface area contributed by atoms with Crippen LogP contribution in [0.3, 0.4) is 0 Å². The van der Waals surface area contributed by atoms with Crippen molar-refractivity contribution in [3.63, 3.8) is 0 Å². The third-order valence-corrected chi connectivity index (χ3v) is 23.6. The number of fused-ring (bicyclic) bond motifs is 6. The number of carbonyl (C=O) groups is 3. The monoisotopic (exact) mass is 1560 g/mol. The van der Waals surface area contributed by atoms with Crippen LogP contribution in [0.1, 0.15) is 93.7 Å². The van der Waals surface area contributed by atoms with Crippen molar-refractivity contribution < 1.29 is 45.1 Å². The van der Waals surface area contributed by atoms with Gasteiger partial charge in [-0.05, 0) is 127 Å². The number of alkyl halides is 6. The maximum Gasteiger partial charge on any atom is 0.451 e. The second kappa shape index (κ2) is 30.6.